The van der Waals surface area contributed by atoms with Crippen molar-refractivity contribution < 1.29 is 14.3 Å². The van der Waals surface area contributed by atoms with Crippen molar-refractivity contribution >= 4 is 39.3 Å². The molecule has 0 aliphatic carbocycles. The van der Waals surface area contributed by atoms with E-state index >= 15 is 0 Å². The summed E-state index contributed by atoms with van der Waals surface area (Å²) in [5, 5.41) is 0.599. The molecule has 0 aromatic heterocycles. The highest BCUT2D eigenvalue weighted by Gasteiger charge is 2.14. The number of rotatable bonds is 7. The van der Waals surface area contributed by atoms with Crippen LogP contribution < -0.4 is 15.6 Å². The van der Waals surface area contributed by atoms with E-state index in [1.807, 2.05) is 30.3 Å². The van der Waals surface area contributed by atoms with Crippen LogP contribution in [0.4, 0.5) is 0 Å². The summed E-state index contributed by atoms with van der Waals surface area (Å²) in [7, 11) is 0. The monoisotopic (exact) mass is 486 g/mol. The first-order chi connectivity index (χ1) is 14.5. The molecule has 0 spiro atoms. The molecular formula is C23H20BrClN2O3. The molecule has 30 heavy (non-hydrogen) atoms. The van der Waals surface area contributed by atoms with Gasteiger partial charge < -0.3 is 4.74 Å². The second kappa shape index (κ2) is 10.8. The molecule has 0 aliphatic heterocycles. The molecule has 3 rings (SSSR count). The third-order valence-electron chi connectivity index (χ3n) is 4.27. The van der Waals surface area contributed by atoms with Gasteiger partial charge in [0.15, 0.2) is 0 Å². The standard InChI is InChI=1S/C23H20BrClN2O3/c24-18-8-11-21(30-13-12-16-4-2-1-3-5-16)20(15-18)23(29)27-26-22(28)14-17-6-9-19(25)10-7-17/h1-11,15H,12-14H2,(H,26,28)(H,27,29). The fourth-order valence-electron chi connectivity index (χ4n) is 2.75. The second-order valence-corrected chi connectivity index (χ2v) is 7.88. The Morgan fingerprint density at radius 3 is 2.37 bits per heavy atom. The lowest BCUT2D eigenvalue weighted by Crippen LogP contribution is -2.42. The molecule has 2 N–H and O–H groups in total. The summed E-state index contributed by atoms with van der Waals surface area (Å²) in [4.78, 5) is 24.7. The number of ether oxygens (including phenoxy) is 1. The lowest BCUT2D eigenvalue weighted by atomic mass is 10.1. The van der Waals surface area contributed by atoms with Crippen LogP contribution in [0, 0.1) is 0 Å². The fraction of sp³-hybridized carbons (Fsp3) is 0.130. The number of halogens is 2. The van der Waals surface area contributed by atoms with E-state index < -0.39 is 5.91 Å². The van der Waals surface area contributed by atoms with Gasteiger partial charge in [-0.25, -0.2) is 0 Å². The van der Waals surface area contributed by atoms with Gasteiger partial charge in [0.2, 0.25) is 5.91 Å². The maximum atomic E-state index is 12.6. The van der Waals surface area contributed by atoms with Crippen molar-refractivity contribution in [3.8, 4) is 5.75 Å². The number of hydrazine groups is 1. The zero-order valence-corrected chi connectivity index (χ0v) is 18.4. The van der Waals surface area contributed by atoms with Crippen LogP contribution in [0.15, 0.2) is 77.3 Å². The summed E-state index contributed by atoms with van der Waals surface area (Å²) in [6, 6.07) is 22.1. The predicted octanol–water partition coefficient (Wildman–Crippen LogP) is 4.73. The molecule has 0 aliphatic rings. The largest absolute Gasteiger partial charge is 0.492 e. The van der Waals surface area contributed by atoms with Crippen molar-refractivity contribution in [3.05, 3.63) is 99.0 Å². The smallest absolute Gasteiger partial charge is 0.273 e. The molecule has 0 saturated carbocycles. The van der Waals surface area contributed by atoms with Crippen LogP contribution in [0.2, 0.25) is 5.02 Å². The summed E-state index contributed by atoms with van der Waals surface area (Å²) in [5.74, 6) is -0.360. The van der Waals surface area contributed by atoms with Crippen molar-refractivity contribution in [1.82, 2.24) is 10.9 Å². The van der Waals surface area contributed by atoms with Crippen molar-refractivity contribution in [2.45, 2.75) is 12.8 Å². The summed E-state index contributed by atoms with van der Waals surface area (Å²) in [6.07, 6.45) is 0.839. The van der Waals surface area contributed by atoms with E-state index in [2.05, 4.69) is 26.8 Å². The molecule has 0 unspecified atom stereocenters. The lowest BCUT2D eigenvalue weighted by molar-refractivity contribution is -0.121. The van der Waals surface area contributed by atoms with Gasteiger partial charge >= 0.3 is 0 Å². The van der Waals surface area contributed by atoms with Crippen LogP contribution in [-0.2, 0) is 17.6 Å². The maximum absolute atomic E-state index is 12.6. The molecule has 2 amide bonds. The molecule has 7 heteroatoms. The zero-order chi connectivity index (χ0) is 21.3. The van der Waals surface area contributed by atoms with E-state index in [-0.39, 0.29) is 12.3 Å². The van der Waals surface area contributed by atoms with Crippen molar-refractivity contribution in [1.29, 1.82) is 0 Å². The molecule has 0 fully saturated rings. The van der Waals surface area contributed by atoms with Crippen molar-refractivity contribution in [3.63, 3.8) is 0 Å². The molecule has 154 valence electrons. The van der Waals surface area contributed by atoms with Crippen molar-refractivity contribution in [2.75, 3.05) is 6.61 Å². The number of hydrogen-bond donors (Lipinski definition) is 2. The minimum absolute atomic E-state index is 0.121. The first kappa shape index (κ1) is 21.9. The van der Waals surface area contributed by atoms with Crippen molar-refractivity contribution in [2.24, 2.45) is 0 Å². The molecule has 0 bridgehead atoms. The van der Waals surface area contributed by atoms with Crippen LogP contribution in [0.3, 0.4) is 0 Å². The third-order valence-corrected chi connectivity index (χ3v) is 5.02. The Kier molecular flexibility index (Phi) is 7.88. The first-order valence-corrected chi connectivity index (χ1v) is 10.5. The van der Waals surface area contributed by atoms with Crippen LogP contribution >= 0.6 is 27.5 Å². The Balaban J connectivity index is 1.56. The molecule has 0 heterocycles. The Morgan fingerprint density at radius 2 is 1.63 bits per heavy atom. The summed E-state index contributed by atoms with van der Waals surface area (Å²) in [5.41, 5.74) is 7.13. The Hall–Kier alpha value is -2.83. The first-order valence-electron chi connectivity index (χ1n) is 9.31. The Labute approximate surface area is 188 Å². The number of benzene rings is 3. The van der Waals surface area contributed by atoms with Gasteiger partial charge in [0.25, 0.3) is 5.91 Å². The summed E-state index contributed by atoms with van der Waals surface area (Å²) < 4.78 is 6.56. The summed E-state index contributed by atoms with van der Waals surface area (Å²) in [6.45, 7) is 0.425. The normalized spacial score (nSPS) is 10.3. The van der Waals surface area contributed by atoms with Gasteiger partial charge in [0, 0.05) is 15.9 Å². The number of carbonyl (C=O) groups is 2. The van der Waals surface area contributed by atoms with Gasteiger partial charge in [0.05, 0.1) is 18.6 Å². The minimum atomic E-state index is -0.463. The van der Waals surface area contributed by atoms with Crippen LogP contribution in [-0.4, -0.2) is 18.4 Å². The average molecular weight is 488 g/mol. The highest BCUT2D eigenvalue weighted by molar-refractivity contribution is 9.10. The highest BCUT2D eigenvalue weighted by atomic mass is 79.9. The number of nitrogens with one attached hydrogen (secondary N) is 2. The van der Waals surface area contributed by atoms with Gasteiger partial charge in [-0.2, -0.15) is 0 Å². The quantitative estimate of drug-likeness (QED) is 0.474. The minimum Gasteiger partial charge on any atom is -0.492 e. The van der Waals surface area contributed by atoms with E-state index in [1.165, 1.54) is 0 Å². The number of amides is 2. The molecule has 0 atom stereocenters. The SMILES string of the molecule is O=C(Cc1ccc(Cl)cc1)NNC(=O)c1cc(Br)ccc1OCCc1ccccc1. The Morgan fingerprint density at radius 1 is 0.900 bits per heavy atom. The fourth-order valence-corrected chi connectivity index (χ4v) is 3.24. The maximum Gasteiger partial charge on any atom is 0.273 e. The molecule has 3 aromatic carbocycles. The van der Waals surface area contributed by atoms with Gasteiger partial charge in [-0.05, 0) is 41.5 Å². The third kappa shape index (κ3) is 6.61. The molecule has 3 aromatic rings. The van der Waals surface area contributed by atoms with Gasteiger partial charge in [0.1, 0.15) is 5.75 Å². The van der Waals surface area contributed by atoms with E-state index in [0.717, 1.165) is 22.0 Å². The highest BCUT2D eigenvalue weighted by Crippen LogP contribution is 2.23. The molecule has 5 nitrogen and oxygen atoms in total. The van der Waals surface area contributed by atoms with E-state index in [4.69, 9.17) is 16.3 Å². The average Bonchev–Trinajstić information content (AvgIpc) is 2.75. The van der Waals surface area contributed by atoms with Crippen LogP contribution in [0.1, 0.15) is 21.5 Å². The lowest BCUT2D eigenvalue weighted by Gasteiger charge is -2.13. The van der Waals surface area contributed by atoms with Gasteiger partial charge in [-0.3, -0.25) is 20.4 Å². The van der Waals surface area contributed by atoms with Crippen LogP contribution in [0.5, 0.6) is 5.75 Å². The topological polar surface area (TPSA) is 67.4 Å². The Bertz CT molecular complexity index is 1010. The van der Waals surface area contributed by atoms with Gasteiger partial charge in [-0.15, -0.1) is 0 Å². The van der Waals surface area contributed by atoms with E-state index in [0.29, 0.717) is 22.9 Å². The molecular weight excluding hydrogens is 468 g/mol. The van der Waals surface area contributed by atoms with E-state index in [1.54, 1.807) is 42.5 Å². The molecule has 0 radical (unpaired) electrons. The number of carbonyl (C=O) groups excluding carboxylic acids is 2. The van der Waals surface area contributed by atoms with E-state index in [9.17, 15) is 9.59 Å². The summed E-state index contributed by atoms with van der Waals surface area (Å²) >= 11 is 9.21. The zero-order valence-electron chi connectivity index (χ0n) is 16.0. The van der Waals surface area contributed by atoms with Gasteiger partial charge in [-0.1, -0.05) is 70.0 Å². The number of hydrogen-bond acceptors (Lipinski definition) is 3. The predicted molar refractivity (Wildman–Crippen MR) is 121 cm³/mol. The second-order valence-electron chi connectivity index (χ2n) is 6.53. The van der Waals surface area contributed by atoms with Crippen LogP contribution in [0.25, 0.3) is 0 Å². The molecule has 0 saturated heterocycles.